The minimum absolute atomic E-state index is 0.109. The number of rotatable bonds is 1. The second-order valence-corrected chi connectivity index (χ2v) is 5.66. The highest BCUT2D eigenvalue weighted by atomic mass is 16.1. The molecule has 0 radical (unpaired) electrons. The van der Waals surface area contributed by atoms with Gasteiger partial charge >= 0.3 is 0 Å². The summed E-state index contributed by atoms with van der Waals surface area (Å²) in [5.41, 5.74) is 2.40. The van der Waals surface area contributed by atoms with E-state index in [0.29, 0.717) is 11.1 Å². The van der Waals surface area contributed by atoms with E-state index in [9.17, 15) is 9.59 Å². The first-order valence-corrected chi connectivity index (χ1v) is 7.00. The summed E-state index contributed by atoms with van der Waals surface area (Å²) in [5, 5.41) is 0. The highest BCUT2D eigenvalue weighted by Crippen LogP contribution is 2.52. The Labute approximate surface area is 117 Å². The van der Waals surface area contributed by atoms with Gasteiger partial charge in [0.05, 0.1) is 0 Å². The Morgan fingerprint density at radius 3 is 2.00 bits per heavy atom. The maximum Gasteiger partial charge on any atom is 0.168 e. The summed E-state index contributed by atoms with van der Waals surface area (Å²) in [6, 6.07) is 17.3. The molecule has 2 aliphatic carbocycles. The average Bonchev–Trinajstić information content (AvgIpc) is 2.46. The van der Waals surface area contributed by atoms with Gasteiger partial charge in [0.15, 0.2) is 11.6 Å². The molecule has 20 heavy (non-hydrogen) atoms. The molecule has 0 unspecified atom stereocenters. The van der Waals surface area contributed by atoms with Gasteiger partial charge in [-0.1, -0.05) is 54.6 Å². The molecule has 1 saturated carbocycles. The van der Waals surface area contributed by atoms with Crippen molar-refractivity contribution in [3.8, 4) is 0 Å². The molecule has 0 heterocycles. The van der Waals surface area contributed by atoms with Gasteiger partial charge in [0.25, 0.3) is 0 Å². The van der Waals surface area contributed by atoms with Crippen molar-refractivity contribution in [1.29, 1.82) is 0 Å². The van der Waals surface area contributed by atoms with Crippen molar-refractivity contribution >= 4 is 11.6 Å². The third-order valence-electron chi connectivity index (χ3n) is 4.70. The maximum atomic E-state index is 12.7. The van der Waals surface area contributed by atoms with Gasteiger partial charge in [0, 0.05) is 23.0 Å². The molecule has 0 amide bonds. The third kappa shape index (κ3) is 1.45. The van der Waals surface area contributed by atoms with Crippen LogP contribution in [0.15, 0.2) is 54.6 Å². The molecule has 98 valence electrons. The summed E-state index contributed by atoms with van der Waals surface area (Å²) in [7, 11) is 0. The van der Waals surface area contributed by atoms with Crippen molar-refractivity contribution in [2.45, 2.75) is 12.3 Å². The van der Waals surface area contributed by atoms with Gasteiger partial charge in [-0.25, -0.2) is 0 Å². The summed E-state index contributed by atoms with van der Waals surface area (Å²) in [6.07, 6.45) is 0.799. The van der Waals surface area contributed by atoms with Crippen molar-refractivity contribution in [2.75, 3.05) is 0 Å². The Balaban J connectivity index is 1.76. The molecular weight excluding hydrogens is 248 g/mol. The molecule has 2 aromatic rings. The zero-order chi connectivity index (χ0) is 13.7. The van der Waals surface area contributed by atoms with Crippen LogP contribution in [0.5, 0.6) is 0 Å². The van der Waals surface area contributed by atoms with Crippen molar-refractivity contribution in [2.24, 2.45) is 11.8 Å². The zero-order valence-electron chi connectivity index (χ0n) is 11.0. The van der Waals surface area contributed by atoms with Crippen molar-refractivity contribution in [3.63, 3.8) is 0 Å². The van der Waals surface area contributed by atoms with Crippen LogP contribution in [0.2, 0.25) is 0 Å². The van der Waals surface area contributed by atoms with Crippen molar-refractivity contribution < 1.29 is 9.59 Å². The van der Waals surface area contributed by atoms with E-state index in [2.05, 4.69) is 12.1 Å². The number of ketones is 2. The smallest absolute Gasteiger partial charge is 0.168 e. The molecular formula is C18H14O2. The molecule has 0 aliphatic heterocycles. The Morgan fingerprint density at radius 2 is 1.30 bits per heavy atom. The van der Waals surface area contributed by atoms with Gasteiger partial charge in [-0.05, 0) is 17.9 Å². The zero-order valence-corrected chi connectivity index (χ0v) is 11.0. The van der Waals surface area contributed by atoms with E-state index >= 15 is 0 Å². The average molecular weight is 262 g/mol. The van der Waals surface area contributed by atoms with E-state index in [-0.39, 0.29) is 29.3 Å². The van der Waals surface area contributed by atoms with Gasteiger partial charge < -0.3 is 0 Å². The van der Waals surface area contributed by atoms with Crippen LogP contribution in [-0.2, 0) is 0 Å². The standard InChI is InChI=1S/C18H14O2/c19-17-12-8-4-5-9-13(12)18(20)16-14(10-15(16)17)11-6-2-1-3-7-11/h1-9,14-16H,10H2/t14-,15+,16-/m1/s1. The lowest BCUT2D eigenvalue weighted by atomic mass is 9.55. The largest absolute Gasteiger partial charge is 0.294 e. The van der Waals surface area contributed by atoms with Crippen LogP contribution in [0, 0.1) is 11.8 Å². The number of carbonyl (C=O) groups excluding carboxylic acids is 2. The summed E-state index contributed by atoms with van der Waals surface area (Å²) < 4.78 is 0. The quantitative estimate of drug-likeness (QED) is 0.788. The molecule has 2 aliphatic rings. The Kier molecular flexibility index (Phi) is 2.40. The molecule has 2 heteroatoms. The fourth-order valence-electron chi connectivity index (χ4n) is 3.62. The van der Waals surface area contributed by atoms with Crippen LogP contribution in [-0.4, -0.2) is 11.6 Å². The first-order chi connectivity index (χ1) is 9.77. The molecule has 2 aromatic carbocycles. The topological polar surface area (TPSA) is 34.1 Å². The van der Waals surface area contributed by atoms with E-state index in [1.54, 1.807) is 12.1 Å². The normalized spacial score (nSPS) is 27.5. The monoisotopic (exact) mass is 262 g/mol. The Bertz CT molecular complexity index is 702. The molecule has 0 aromatic heterocycles. The maximum absolute atomic E-state index is 12.7. The van der Waals surface area contributed by atoms with Crippen LogP contribution >= 0.6 is 0 Å². The van der Waals surface area contributed by atoms with Crippen molar-refractivity contribution in [3.05, 3.63) is 71.3 Å². The lowest BCUT2D eigenvalue weighted by Crippen LogP contribution is -2.48. The van der Waals surface area contributed by atoms with Crippen LogP contribution in [0.1, 0.15) is 38.6 Å². The Hall–Kier alpha value is -2.22. The first-order valence-electron chi connectivity index (χ1n) is 7.00. The highest BCUT2D eigenvalue weighted by Gasteiger charge is 2.53. The van der Waals surface area contributed by atoms with Gasteiger partial charge in [0.1, 0.15) is 0 Å². The molecule has 0 spiro atoms. The fraction of sp³-hybridized carbons (Fsp3) is 0.222. The fourth-order valence-corrected chi connectivity index (χ4v) is 3.62. The predicted octanol–water partition coefficient (Wildman–Crippen LogP) is 3.49. The summed E-state index contributed by atoms with van der Waals surface area (Å²) >= 11 is 0. The Morgan fingerprint density at radius 1 is 0.700 bits per heavy atom. The van der Waals surface area contributed by atoms with Crippen LogP contribution in [0.25, 0.3) is 0 Å². The SMILES string of the molecule is O=C1c2ccccc2C(=O)[C@H]2C[C@H](c3ccccc3)[C@@H]12. The number of Topliss-reactive ketones (excluding diaryl/α,β-unsaturated/α-hetero) is 2. The minimum Gasteiger partial charge on any atom is -0.294 e. The predicted molar refractivity (Wildman–Crippen MR) is 75.9 cm³/mol. The van der Waals surface area contributed by atoms with E-state index in [0.717, 1.165) is 6.42 Å². The van der Waals surface area contributed by atoms with Gasteiger partial charge in [-0.15, -0.1) is 0 Å². The molecule has 0 N–H and O–H groups in total. The molecule has 0 bridgehead atoms. The summed E-state index contributed by atoms with van der Waals surface area (Å²) in [6.45, 7) is 0. The molecule has 1 fully saturated rings. The summed E-state index contributed by atoms with van der Waals surface area (Å²) in [4.78, 5) is 25.1. The first kappa shape index (κ1) is 11.6. The van der Waals surface area contributed by atoms with Gasteiger partial charge in [0.2, 0.25) is 0 Å². The number of hydrogen-bond acceptors (Lipinski definition) is 2. The molecule has 4 rings (SSSR count). The number of hydrogen-bond donors (Lipinski definition) is 0. The van der Waals surface area contributed by atoms with Crippen LogP contribution in [0.3, 0.4) is 0 Å². The third-order valence-corrected chi connectivity index (χ3v) is 4.70. The lowest BCUT2D eigenvalue weighted by Gasteiger charge is -2.46. The minimum atomic E-state index is -0.153. The molecule has 3 atom stereocenters. The molecule has 0 saturated heterocycles. The summed E-state index contributed by atoms with van der Waals surface area (Å²) in [5.74, 6) is 0.232. The van der Waals surface area contributed by atoms with E-state index in [4.69, 9.17) is 0 Å². The van der Waals surface area contributed by atoms with Gasteiger partial charge in [-0.2, -0.15) is 0 Å². The van der Waals surface area contributed by atoms with E-state index < -0.39 is 0 Å². The number of fused-ring (bicyclic) bond motifs is 2. The van der Waals surface area contributed by atoms with Crippen molar-refractivity contribution in [1.82, 2.24) is 0 Å². The van der Waals surface area contributed by atoms with E-state index in [1.807, 2.05) is 30.3 Å². The highest BCUT2D eigenvalue weighted by molar-refractivity contribution is 6.17. The molecule has 2 nitrogen and oxygen atoms in total. The van der Waals surface area contributed by atoms with E-state index in [1.165, 1.54) is 5.56 Å². The second kappa shape index (κ2) is 4.14. The number of carbonyl (C=O) groups is 2. The second-order valence-electron chi connectivity index (χ2n) is 5.66. The van der Waals surface area contributed by atoms with Crippen LogP contribution < -0.4 is 0 Å². The van der Waals surface area contributed by atoms with Crippen LogP contribution in [0.4, 0.5) is 0 Å². The van der Waals surface area contributed by atoms with Gasteiger partial charge in [-0.3, -0.25) is 9.59 Å². The lowest BCUT2D eigenvalue weighted by molar-refractivity contribution is 0.0514. The number of benzene rings is 2.